The fraction of sp³-hybridized carbons (Fsp3) is 0.0435. The van der Waals surface area contributed by atoms with Gasteiger partial charge in [-0.05, 0) is 48.9 Å². The molecule has 3 N–H and O–H groups in total. The fourth-order valence-electron chi connectivity index (χ4n) is 2.91. The molecule has 0 aliphatic heterocycles. The Bertz CT molecular complexity index is 1410. The second-order valence-corrected chi connectivity index (χ2v) is 9.73. The van der Waals surface area contributed by atoms with Gasteiger partial charge in [-0.25, -0.2) is 5.43 Å². The molecule has 4 rings (SSSR count). The van der Waals surface area contributed by atoms with Gasteiger partial charge >= 0.3 is 51.4 Å². The van der Waals surface area contributed by atoms with Gasteiger partial charge in [0.25, 0.3) is 11.8 Å². The van der Waals surface area contributed by atoms with E-state index in [1.54, 1.807) is 61.0 Å². The number of benzene rings is 1. The van der Waals surface area contributed by atoms with E-state index >= 15 is 0 Å². The molecular formula is C23H17Cl2KN4O3S2. The molecule has 35 heavy (non-hydrogen) atoms. The first-order valence-electron chi connectivity index (χ1n) is 9.75. The summed E-state index contributed by atoms with van der Waals surface area (Å²) in [6, 6.07) is 11.6. The van der Waals surface area contributed by atoms with Gasteiger partial charge in [-0.3, -0.25) is 14.6 Å². The maximum atomic E-state index is 12.5. The van der Waals surface area contributed by atoms with Crippen LogP contribution in [0.25, 0.3) is 10.4 Å². The minimum absolute atomic E-state index is 0. The van der Waals surface area contributed by atoms with E-state index in [1.165, 1.54) is 17.5 Å². The molecule has 0 saturated carbocycles. The third-order valence-electron chi connectivity index (χ3n) is 4.63. The van der Waals surface area contributed by atoms with E-state index in [0.29, 0.717) is 41.6 Å². The van der Waals surface area contributed by atoms with Gasteiger partial charge in [0.15, 0.2) is 0 Å². The third kappa shape index (κ3) is 6.79. The molecule has 12 heteroatoms. The molecule has 0 atom stereocenters. The summed E-state index contributed by atoms with van der Waals surface area (Å²) >= 11 is 14.4. The molecule has 3 heterocycles. The van der Waals surface area contributed by atoms with E-state index in [4.69, 9.17) is 23.2 Å². The number of aromatic hydroxyl groups is 1. The van der Waals surface area contributed by atoms with Gasteiger partial charge in [-0.15, -0.1) is 22.7 Å². The zero-order chi connectivity index (χ0) is 24.2. The van der Waals surface area contributed by atoms with Crippen molar-refractivity contribution in [2.45, 2.75) is 6.92 Å². The van der Waals surface area contributed by atoms with Gasteiger partial charge in [0.05, 0.1) is 47.8 Å². The summed E-state index contributed by atoms with van der Waals surface area (Å²) in [5.41, 5.74) is 4.64. The maximum absolute atomic E-state index is 12.5. The van der Waals surface area contributed by atoms with Crippen LogP contribution in [-0.2, 0) is 0 Å². The third-order valence-corrected chi connectivity index (χ3v) is 7.47. The molecule has 2 amide bonds. The van der Waals surface area contributed by atoms with Crippen molar-refractivity contribution in [1.29, 1.82) is 0 Å². The zero-order valence-corrected chi connectivity index (χ0v) is 20.6. The van der Waals surface area contributed by atoms with Crippen LogP contribution >= 0.6 is 45.9 Å². The molecule has 1 aromatic carbocycles. The molecule has 0 saturated heterocycles. The quantitative estimate of drug-likeness (QED) is 0.158. The van der Waals surface area contributed by atoms with Crippen LogP contribution in [0.3, 0.4) is 0 Å². The number of halogens is 2. The van der Waals surface area contributed by atoms with Crippen LogP contribution in [0.15, 0.2) is 65.3 Å². The second kappa shape index (κ2) is 12.6. The van der Waals surface area contributed by atoms with Gasteiger partial charge in [0, 0.05) is 11.6 Å². The van der Waals surface area contributed by atoms with Crippen molar-refractivity contribution >= 4 is 120 Å². The number of thiophene rings is 2. The average molecular weight is 572 g/mol. The summed E-state index contributed by atoms with van der Waals surface area (Å²) in [5.74, 6) is -0.775. The van der Waals surface area contributed by atoms with E-state index in [-0.39, 0.29) is 63.0 Å². The molecule has 174 valence electrons. The molecule has 0 aliphatic carbocycles. The Morgan fingerprint density at radius 2 is 1.80 bits per heavy atom. The summed E-state index contributed by atoms with van der Waals surface area (Å²) in [7, 11) is 0. The number of carbonyl (C=O) groups excluding carboxylic acids is 2. The normalized spacial score (nSPS) is 11.0. The van der Waals surface area contributed by atoms with Crippen LogP contribution in [0, 0.1) is 0 Å². The molecule has 4 aromatic rings. The molecule has 0 spiro atoms. The number of anilines is 1. The number of amides is 2. The molecule has 0 fully saturated rings. The number of pyridine rings is 1. The Kier molecular flexibility index (Phi) is 10.0. The molecular weight excluding hydrogens is 554 g/mol. The van der Waals surface area contributed by atoms with Crippen molar-refractivity contribution in [2.24, 2.45) is 5.10 Å². The van der Waals surface area contributed by atoms with Crippen molar-refractivity contribution < 1.29 is 14.7 Å². The number of rotatable bonds is 6. The first kappa shape index (κ1) is 28.0. The molecule has 0 unspecified atom stereocenters. The van der Waals surface area contributed by atoms with E-state index < -0.39 is 5.91 Å². The van der Waals surface area contributed by atoms with Crippen LogP contribution in [0.1, 0.15) is 31.8 Å². The Hall–Kier alpha value is -1.60. The zero-order valence-electron chi connectivity index (χ0n) is 17.5. The summed E-state index contributed by atoms with van der Waals surface area (Å²) in [6.07, 6.45) is 3.14. The topological polar surface area (TPSA) is 104 Å². The first-order chi connectivity index (χ1) is 16.3. The monoisotopic (exact) mass is 570 g/mol. The minimum atomic E-state index is -0.468. The molecule has 0 aliphatic rings. The molecule has 3 aromatic heterocycles. The van der Waals surface area contributed by atoms with Crippen LogP contribution < -0.4 is 10.7 Å². The standard InChI is InChI=1S/C23H16Cl2N4O3S2.K.H/c1-12(15-11-33-21(20(15)30)13-4-5-16(24)17(25)9-13)28-29-23(32)19-7-6-18(34-19)22(31)27-14-3-2-8-26-10-14;;/h2-11,30H,1H3,(H,27,31)(H,29,32);;/b28-12-;;. The van der Waals surface area contributed by atoms with E-state index in [1.807, 2.05) is 0 Å². The number of aromatic nitrogens is 1. The number of hydrogen-bond donors (Lipinski definition) is 3. The Balaban J connectivity index is 0.00000342. The molecule has 0 bridgehead atoms. The number of hydrogen-bond acceptors (Lipinski definition) is 7. The van der Waals surface area contributed by atoms with Gasteiger partial charge < -0.3 is 10.4 Å². The Morgan fingerprint density at radius 1 is 1.06 bits per heavy atom. The Morgan fingerprint density at radius 3 is 2.49 bits per heavy atom. The van der Waals surface area contributed by atoms with Crippen molar-refractivity contribution in [3.05, 3.63) is 85.6 Å². The van der Waals surface area contributed by atoms with Crippen molar-refractivity contribution in [3.63, 3.8) is 0 Å². The van der Waals surface area contributed by atoms with Gasteiger partial charge in [-0.1, -0.05) is 29.3 Å². The molecule has 0 radical (unpaired) electrons. The van der Waals surface area contributed by atoms with Crippen molar-refractivity contribution in [2.75, 3.05) is 5.32 Å². The number of hydrazone groups is 1. The first-order valence-corrected chi connectivity index (χ1v) is 12.2. The van der Waals surface area contributed by atoms with Crippen molar-refractivity contribution in [1.82, 2.24) is 10.4 Å². The summed E-state index contributed by atoms with van der Waals surface area (Å²) < 4.78 is 0. The Labute approximate surface area is 261 Å². The van der Waals surface area contributed by atoms with E-state index in [0.717, 1.165) is 16.9 Å². The van der Waals surface area contributed by atoms with E-state index in [9.17, 15) is 14.7 Å². The van der Waals surface area contributed by atoms with E-state index in [2.05, 4.69) is 20.8 Å². The number of nitrogens with one attached hydrogen (secondary N) is 2. The molecule has 7 nitrogen and oxygen atoms in total. The van der Waals surface area contributed by atoms with Crippen LogP contribution in [0.2, 0.25) is 10.0 Å². The summed E-state index contributed by atoms with van der Waals surface area (Å²) in [4.78, 5) is 30.1. The number of nitrogens with zero attached hydrogens (tertiary/aromatic N) is 2. The fourth-order valence-corrected chi connectivity index (χ4v) is 5.00. The predicted octanol–water partition coefficient (Wildman–Crippen LogP) is 5.64. The van der Waals surface area contributed by atoms with Gasteiger partial charge in [0.2, 0.25) is 0 Å². The van der Waals surface area contributed by atoms with Crippen molar-refractivity contribution in [3.8, 4) is 16.2 Å². The van der Waals surface area contributed by atoms with Gasteiger partial charge in [0.1, 0.15) is 5.75 Å². The number of carbonyl (C=O) groups is 2. The second-order valence-electron chi connectivity index (χ2n) is 6.95. The predicted molar refractivity (Wildman–Crippen MR) is 145 cm³/mol. The summed E-state index contributed by atoms with van der Waals surface area (Å²) in [5, 5.41) is 20.0. The van der Waals surface area contributed by atoms with Gasteiger partial charge in [-0.2, -0.15) is 5.10 Å². The average Bonchev–Trinajstić information content (AvgIpc) is 3.47. The van der Waals surface area contributed by atoms with Crippen LogP contribution in [0.5, 0.6) is 5.75 Å². The summed E-state index contributed by atoms with van der Waals surface area (Å²) in [6.45, 7) is 1.67. The van der Waals surface area contributed by atoms with Crippen LogP contribution in [0.4, 0.5) is 5.69 Å². The SMILES string of the molecule is C/C(=N/NC(=O)c1ccc(C(=O)Nc2cccnc2)s1)c1csc(-c2ccc(Cl)c(Cl)c2)c1O.[KH]. The van der Waals surface area contributed by atoms with Crippen LogP contribution in [-0.4, -0.2) is 79.0 Å².